The summed E-state index contributed by atoms with van der Waals surface area (Å²) in [5, 5.41) is 6.28. The van der Waals surface area contributed by atoms with Crippen LogP contribution >= 0.6 is 0 Å². The molecular weight excluding hydrogens is 180 g/mol. The normalized spacial score (nSPS) is 21.9. The number of rotatable bonds is 0. The number of nitrogens with zero attached hydrogens (tertiary/aromatic N) is 2. The van der Waals surface area contributed by atoms with Crippen LogP contribution in [0.25, 0.3) is 0 Å². The van der Waals surface area contributed by atoms with Crippen LogP contribution in [-0.4, -0.2) is 42.9 Å². The van der Waals surface area contributed by atoms with Crippen LogP contribution in [0.3, 0.4) is 0 Å². The number of amides is 1. The van der Waals surface area contributed by atoms with Gasteiger partial charge in [0, 0.05) is 27.2 Å². The molecule has 0 aromatic heterocycles. The zero-order valence-electron chi connectivity index (χ0n) is 8.42. The van der Waals surface area contributed by atoms with Gasteiger partial charge in [0.2, 0.25) is 0 Å². The summed E-state index contributed by atoms with van der Waals surface area (Å²) in [6.07, 6.45) is 0. The van der Waals surface area contributed by atoms with Gasteiger partial charge in [0.15, 0.2) is 0 Å². The SMILES string of the molecule is C=C1N(C)C(=O)C2=C(NCCN2)N1C. The molecule has 2 aliphatic rings. The molecule has 2 rings (SSSR count). The first kappa shape index (κ1) is 8.93. The fraction of sp³-hybridized carbons (Fsp3) is 0.444. The highest BCUT2D eigenvalue weighted by Gasteiger charge is 2.32. The summed E-state index contributed by atoms with van der Waals surface area (Å²) in [6.45, 7) is 5.45. The second-order valence-electron chi connectivity index (χ2n) is 3.42. The maximum atomic E-state index is 11.8. The Morgan fingerprint density at radius 2 is 1.86 bits per heavy atom. The Labute approximate surface area is 83.0 Å². The predicted molar refractivity (Wildman–Crippen MR) is 52.7 cm³/mol. The van der Waals surface area contributed by atoms with E-state index < -0.39 is 0 Å². The number of carbonyl (C=O) groups is 1. The minimum absolute atomic E-state index is 0.0321. The van der Waals surface area contributed by atoms with Crippen LogP contribution in [0.15, 0.2) is 23.9 Å². The van der Waals surface area contributed by atoms with Gasteiger partial charge >= 0.3 is 0 Å². The number of nitrogens with one attached hydrogen (secondary N) is 2. The van der Waals surface area contributed by atoms with Gasteiger partial charge in [-0.1, -0.05) is 6.58 Å². The lowest BCUT2D eigenvalue weighted by molar-refractivity contribution is -0.126. The van der Waals surface area contributed by atoms with E-state index in [0.717, 1.165) is 18.9 Å². The summed E-state index contributed by atoms with van der Waals surface area (Å²) < 4.78 is 0. The fourth-order valence-electron chi connectivity index (χ4n) is 1.64. The molecule has 0 aromatic carbocycles. The standard InChI is InChI=1S/C9H14N4O/c1-6-12(2)8-7(9(14)13(6)3)10-4-5-11-8/h10-11H,1,4-5H2,2-3H3. The monoisotopic (exact) mass is 194 g/mol. The third kappa shape index (κ3) is 1.05. The van der Waals surface area contributed by atoms with Crippen molar-refractivity contribution >= 4 is 5.91 Å². The van der Waals surface area contributed by atoms with Crippen molar-refractivity contribution in [3.8, 4) is 0 Å². The molecule has 0 atom stereocenters. The van der Waals surface area contributed by atoms with Crippen molar-refractivity contribution in [3.05, 3.63) is 23.9 Å². The van der Waals surface area contributed by atoms with Crippen LogP contribution in [0.1, 0.15) is 0 Å². The summed E-state index contributed by atoms with van der Waals surface area (Å²) in [4.78, 5) is 15.2. The van der Waals surface area contributed by atoms with E-state index in [1.807, 2.05) is 11.9 Å². The highest BCUT2D eigenvalue weighted by molar-refractivity contribution is 5.95. The maximum absolute atomic E-state index is 11.8. The zero-order chi connectivity index (χ0) is 10.3. The molecule has 0 aliphatic carbocycles. The predicted octanol–water partition coefficient (Wildman–Crippen LogP) is -0.777. The molecule has 1 amide bonds. The highest BCUT2D eigenvalue weighted by Crippen LogP contribution is 2.21. The molecule has 0 spiro atoms. The quantitative estimate of drug-likeness (QED) is 0.531. The molecule has 5 heteroatoms. The number of hydrogen-bond acceptors (Lipinski definition) is 4. The van der Waals surface area contributed by atoms with Crippen LogP contribution in [0, 0.1) is 0 Å². The Bertz CT molecular complexity index is 334. The summed E-state index contributed by atoms with van der Waals surface area (Å²) in [5.41, 5.74) is 0.633. The Kier molecular flexibility index (Phi) is 1.87. The summed E-state index contributed by atoms with van der Waals surface area (Å²) >= 11 is 0. The maximum Gasteiger partial charge on any atom is 0.278 e. The van der Waals surface area contributed by atoms with E-state index in [-0.39, 0.29) is 5.91 Å². The molecule has 0 saturated heterocycles. The van der Waals surface area contributed by atoms with E-state index >= 15 is 0 Å². The zero-order valence-corrected chi connectivity index (χ0v) is 8.42. The first-order chi connectivity index (χ1) is 6.63. The summed E-state index contributed by atoms with van der Waals surface area (Å²) in [7, 11) is 3.61. The molecule has 0 unspecified atom stereocenters. The lowest BCUT2D eigenvalue weighted by atomic mass is 10.2. The molecular formula is C9H14N4O. The second kappa shape index (κ2) is 2.94. The molecule has 0 fully saturated rings. The third-order valence-electron chi connectivity index (χ3n) is 2.58. The van der Waals surface area contributed by atoms with Gasteiger partial charge in [-0.05, 0) is 0 Å². The molecule has 14 heavy (non-hydrogen) atoms. The van der Waals surface area contributed by atoms with Gasteiger partial charge in [-0.2, -0.15) is 0 Å². The van der Waals surface area contributed by atoms with Crippen molar-refractivity contribution in [2.75, 3.05) is 27.2 Å². The van der Waals surface area contributed by atoms with Crippen LogP contribution in [0.4, 0.5) is 0 Å². The molecule has 0 radical (unpaired) electrons. The third-order valence-corrected chi connectivity index (χ3v) is 2.58. The second-order valence-corrected chi connectivity index (χ2v) is 3.42. The van der Waals surface area contributed by atoms with Crippen LogP contribution < -0.4 is 10.6 Å². The van der Waals surface area contributed by atoms with Crippen LogP contribution in [0.5, 0.6) is 0 Å². The Hall–Kier alpha value is -1.65. The van der Waals surface area contributed by atoms with Gasteiger partial charge in [-0.15, -0.1) is 0 Å². The molecule has 76 valence electrons. The molecule has 0 bridgehead atoms. The minimum Gasteiger partial charge on any atom is -0.376 e. The van der Waals surface area contributed by atoms with Crippen molar-refractivity contribution in [2.45, 2.75) is 0 Å². The Morgan fingerprint density at radius 3 is 2.57 bits per heavy atom. The first-order valence-electron chi connectivity index (χ1n) is 4.55. The summed E-state index contributed by atoms with van der Waals surface area (Å²) in [5.74, 6) is 1.48. The van der Waals surface area contributed by atoms with Crippen LogP contribution in [0.2, 0.25) is 0 Å². The minimum atomic E-state index is -0.0321. The molecule has 5 nitrogen and oxygen atoms in total. The topological polar surface area (TPSA) is 47.6 Å². The Morgan fingerprint density at radius 1 is 1.21 bits per heavy atom. The molecule has 0 saturated carbocycles. The van der Waals surface area contributed by atoms with Gasteiger partial charge < -0.3 is 15.5 Å². The first-order valence-corrected chi connectivity index (χ1v) is 4.55. The van der Waals surface area contributed by atoms with Crippen molar-refractivity contribution in [1.29, 1.82) is 0 Å². The van der Waals surface area contributed by atoms with E-state index in [2.05, 4.69) is 17.2 Å². The van der Waals surface area contributed by atoms with Crippen molar-refractivity contribution < 1.29 is 4.79 Å². The average Bonchev–Trinajstić information content (AvgIpc) is 2.23. The number of carbonyl (C=O) groups excluding carboxylic acids is 1. The van der Waals surface area contributed by atoms with Crippen molar-refractivity contribution in [3.63, 3.8) is 0 Å². The largest absolute Gasteiger partial charge is 0.376 e. The molecule has 2 N–H and O–H groups in total. The number of hydrogen-bond donors (Lipinski definition) is 2. The van der Waals surface area contributed by atoms with Gasteiger partial charge in [-0.3, -0.25) is 9.69 Å². The van der Waals surface area contributed by atoms with E-state index in [1.165, 1.54) is 0 Å². The summed E-state index contributed by atoms with van der Waals surface area (Å²) in [6, 6.07) is 0. The van der Waals surface area contributed by atoms with E-state index in [1.54, 1.807) is 11.9 Å². The van der Waals surface area contributed by atoms with Gasteiger partial charge in [0.05, 0.1) is 0 Å². The van der Waals surface area contributed by atoms with Crippen LogP contribution in [-0.2, 0) is 4.79 Å². The van der Waals surface area contributed by atoms with E-state index in [9.17, 15) is 4.79 Å². The van der Waals surface area contributed by atoms with Gasteiger partial charge in [0.1, 0.15) is 17.3 Å². The lowest BCUT2D eigenvalue weighted by Gasteiger charge is -2.39. The molecule has 2 aliphatic heterocycles. The number of likely N-dealkylation sites (N-methyl/N-ethyl adjacent to an activating group) is 1. The van der Waals surface area contributed by atoms with Gasteiger partial charge in [0.25, 0.3) is 5.91 Å². The molecule has 0 aromatic rings. The van der Waals surface area contributed by atoms with E-state index in [4.69, 9.17) is 0 Å². The lowest BCUT2D eigenvalue weighted by Crippen LogP contribution is -2.52. The molecule has 2 heterocycles. The smallest absolute Gasteiger partial charge is 0.278 e. The average molecular weight is 194 g/mol. The highest BCUT2D eigenvalue weighted by atomic mass is 16.2. The van der Waals surface area contributed by atoms with Crippen molar-refractivity contribution in [2.24, 2.45) is 0 Å². The van der Waals surface area contributed by atoms with E-state index in [0.29, 0.717) is 11.5 Å². The Balaban J connectivity index is 2.45. The fourth-order valence-corrected chi connectivity index (χ4v) is 1.64. The van der Waals surface area contributed by atoms with Crippen molar-refractivity contribution in [1.82, 2.24) is 20.4 Å². The van der Waals surface area contributed by atoms with Gasteiger partial charge in [-0.25, -0.2) is 0 Å².